The van der Waals surface area contributed by atoms with Crippen LogP contribution in [0.3, 0.4) is 0 Å². The Kier molecular flexibility index (Phi) is 5.64. The molecule has 2 N–H and O–H groups in total. The molecule has 0 spiro atoms. The van der Waals surface area contributed by atoms with Gasteiger partial charge in [0, 0.05) is 40.6 Å². The van der Waals surface area contributed by atoms with Gasteiger partial charge in [0.1, 0.15) is 5.69 Å². The van der Waals surface area contributed by atoms with Gasteiger partial charge in [0.15, 0.2) is 0 Å². The second kappa shape index (κ2) is 7.94. The lowest BCUT2D eigenvalue weighted by molar-refractivity contribution is 0.0684. The third-order valence-electron chi connectivity index (χ3n) is 4.77. The molecule has 2 aromatic carbocycles. The van der Waals surface area contributed by atoms with Crippen molar-refractivity contribution in [3.63, 3.8) is 0 Å². The molecule has 26 heavy (non-hydrogen) atoms. The number of carboxylic acid groups (broad SMARTS) is 1. The van der Waals surface area contributed by atoms with E-state index >= 15 is 0 Å². The number of carboxylic acids is 1. The summed E-state index contributed by atoms with van der Waals surface area (Å²) < 4.78 is 1.88. The van der Waals surface area contributed by atoms with Gasteiger partial charge in [0.2, 0.25) is 0 Å². The highest BCUT2D eigenvalue weighted by molar-refractivity contribution is 6.30. The van der Waals surface area contributed by atoms with Crippen LogP contribution in [0.5, 0.6) is 0 Å². The highest BCUT2D eigenvalue weighted by atomic mass is 35.5. The van der Waals surface area contributed by atoms with E-state index in [2.05, 4.69) is 19.2 Å². The minimum Gasteiger partial charge on any atom is -0.477 e. The predicted molar refractivity (Wildman–Crippen MR) is 106 cm³/mol. The number of rotatable bonds is 7. The number of aromatic nitrogens is 1. The SMILES string of the molecule is CC[C@H](C)NCc1c(C(=O)O)n(Cc2ccc(Cl)cc2)c2ccccc12. The first-order chi connectivity index (χ1) is 12.5. The fourth-order valence-corrected chi connectivity index (χ4v) is 3.28. The molecular formula is C21H23ClN2O2. The molecule has 136 valence electrons. The first-order valence-electron chi connectivity index (χ1n) is 8.82. The molecule has 0 saturated carbocycles. The lowest BCUT2D eigenvalue weighted by Crippen LogP contribution is -2.25. The van der Waals surface area contributed by atoms with Crippen molar-refractivity contribution in [1.82, 2.24) is 9.88 Å². The molecule has 0 bridgehead atoms. The average molecular weight is 371 g/mol. The van der Waals surface area contributed by atoms with Gasteiger partial charge in [-0.15, -0.1) is 0 Å². The number of aromatic carboxylic acids is 1. The van der Waals surface area contributed by atoms with Crippen LogP contribution in [-0.2, 0) is 13.1 Å². The van der Waals surface area contributed by atoms with Gasteiger partial charge in [-0.05, 0) is 37.1 Å². The fraction of sp³-hybridized carbons (Fsp3) is 0.286. The van der Waals surface area contributed by atoms with Gasteiger partial charge in [-0.25, -0.2) is 4.79 Å². The van der Waals surface area contributed by atoms with E-state index in [1.54, 1.807) is 0 Å². The highest BCUT2D eigenvalue weighted by Crippen LogP contribution is 2.28. The van der Waals surface area contributed by atoms with Crippen LogP contribution in [0.4, 0.5) is 0 Å². The summed E-state index contributed by atoms with van der Waals surface area (Å²) in [5.41, 5.74) is 3.12. The van der Waals surface area contributed by atoms with Crippen molar-refractivity contribution >= 4 is 28.5 Å². The summed E-state index contributed by atoms with van der Waals surface area (Å²) in [6.07, 6.45) is 0.992. The third-order valence-corrected chi connectivity index (χ3v) is 5.02. The molecular weight excluding hydrogens is 348 g/mol. The monoisotopic (exact) mass is 370 g/mol. The van der Waals surface area contributed by atoms with Crippen molar-refractivity contribution in [1.29, 1.82) is 0 Å². The lowest BCUT2D eigenvalue weighted by atomic mass is 10.1. The van der Waals surface area contributed by atoms with Crippen LogP contribution in [-0.4, -0.2) is 21.7 Å². The van der Waals surface area contributed by atoms with Crippen LogP contribution in [0.2, 0.25) is 5.02 Å². The van der Waals surface area contributed by atoms with E-state index in [1.165, 1.54) is 0 Å². The third kappa shape index (κ3) is 3.76. The van der Waals surface area contributed by atoms with Gasteiger partial charge in [0.25, 0.3) is 0 Å². The van der Waals surface area contributed by atoms with Gasteiger partial charge < -0.3 is 15.0 Å². The normalized spacial score (nSPS) is 12.4. The molecule has 3 aromatic rings. The van der Waals surface area contributed by atoms with E-state index in [4.69, 9.17) is 11.6 Å². The summed E-state index contributed by atoms with van der Waals surface area (Å²) in [5.74, 6) is -0.906. The Morgan fingerprint density at radius 2 is 1.88 bits per heavy atom. The Morgan fingerprint density at radius 1 is 1.19 bits per heavy atom. The first-order valence-corrected chi connectivity index (χ1v) is 9.20. The number of nitrogens with one attached hydrogen (secondary N) is 1. The summed E-state index contributed by atoms with van der Waals surface area (Å²) in [6.45, 7) is 5.24. The van der Waals surface area contributed by atoms with E-state index in [0.717, 1.165) is 28.5 Å². The molecule has 0 aliphatic heterocycles. The van der Waals surface area contributed by atoms with Crippen LogP contribution in [0, 0.1) is 0 Å². The van der Waals surface area contributed by atoms with Gasteiger partial charge in [-0.3, -0.25) is 0 Å². The van der Waals surface area contributed by atoms with Crippen molar-refractivity contribution in [3.05, 3.63) is 70.4 Å². The second-order valence-electron chi connectivity index (χ2n) is 6.55. The average Bonchev–Trinajstić information content (AvgIpc) is 2.95. The maximum atomic E-state index is 12.1. The minimum atomic E-state index is -0.906. The van der Waals surface area contributed by atoms with E-state index < -0.39 is 5.97 Å². The van der Waals surface area contributed by atoms with Crippen LogP contribution in [0.25, 0.3) is 10.9 Å². The molecule has 0 aliphatic rings. The van der Waals surface area contributed by atoms with Crippen LogP contribution >= 0.6 is 11.6 Å². The van der Waals surface area contributed by atoms with Crippen molar-refractivity contribution in [2.24, 2.45) is 0 Å². The zero-order chi connectivity index (χ0) is 18.7. The number of hydrogen-bond acceptors (Lipinski definition) is 2. The minimum absolute atomic E-state index is 0.329. The predicted octanol–water partition coefficient (Wildman–Crippen LogP) is 4.93. The summed E-state index contributed by atoms with van der Waals surface area (Å²) in [4.78, 5) is 12.1. The largest absolute Gasteiger partial charge is 0.477 e. The summed E-state index contributed by atoms with van der Waals surface area (Å²) in [6, 6.07) is 15.7. The standard InChI is InChI=1S/C21H23ClN2O2/c1-3-14(2)23-12-18-17-6-4-5-7-19(17)24(20(18)21(25)26)13-15-8-10-16(22)11-9-15/h4-11,14,23H,3,12-13H2,1-2H3,(H,25,26)/t14-/m0/s1. The van der Waals surface area contributed by atoms with Gasteiger partial charge in [-0.2, -0.15) is 0 Å². The van der Waals surface area contributed by atoms with Crippen molar-refractivity contribution < 1.29 is 9.90 Å². The Labute approximate surface area is 158 Å². The van der Waals surface area contributed by atoms with Crippen molar-refractivity contribution in [2.75, 3.05) is 0 Å². The number of carbonyl (C=O) groups is 1. The molecule has 0 saturated heterocycles. The quantitative estimate of drug-likeness (QED) is 0.620. The molecule has 3 rings (SSSR count). The first kappa shape index (κ1) is 18.5. The van der Waals surface area contributed by atoms with Gasteiger partial charge in [-0.1, -0.05) is 48.9 Å². The smallest absolute Gasteiger partial charge is 0.352 e. The molecule has 0 amide bonds. The number of hydrogen-bond donors (Lipinski definition) is 2. The van der Waals surface area contributed by atoms with Crippen molar-refractivity contribution in [3.8, 4) is 0 Å². The maximum Gasteiger partial charge on any atom is 0.352 e. The Morgan fingerprint density at radius 3 is 2.54 bits per heavy atom. The van der Waals surface area contributed by atoms with Crippen molar-refractivity contribution in [2.45, 2.75) is 39.4 Å². The second-order valence-corrected chi connectivity index (χ2v) is 6.99. The number of fused-ring (bicyclic) bond motifs is 1. The summed E-state index contributed by atoms with van der Waals surface area (Å²) >= 11 is 5.97. The molecule has 0 aliphatic carbocycles. The topological polar surface area (TPSA) is 54.3 Å². The maximum absolute atomic E-state index is 12.1. The molecule has 1 heterocycles. The van der Waals surface area contributed by atoms with E-state index in [-0.39, 0.29) is 0 Å². The molecule has 0 radical (unpaired) electrons. The highest BCUT2D eigenvalue weighted by Gasteiger charge is 2.22. The number of para-hydroxylation sites is 1. The fourth-order valence-electron chi connectivity index (χ4n) is 3.16. The lowest BCUT2D eigenvalue weighted by Gasteiger charge is -2.12. The van der Waals surface area contributed by atoms with Crippen LogP contribution in [0.15, 0.2) is 48.5 Å². The van der Waals surface area contributed by atoms with Gasteiger partial charge in [0.05, 0.1) is 0 Å². The van der Waals surface area contributed by atoms with Crippen LogP contribution < -0.4 is 5.32 Å². The Bertz CT molecular complexity index is 916. The zero-order valence-corrected chi connectivity index (χ0v) is 15.8. The zero-order valence-electron chi connectivity index (χ0n) is 15.0. The van der Waals surface area contributed by atoms with E-state index in [0.29, 0.717) is 29.8 Å². The molecule has 0 fully saturated rings. The van der Waals surface area contributed by atoms with E-state index in [1.807, 2.05) is 53.1 Å². The summed E-state index contributed by atoms with van der Waals surface area (Å²) in [7, 11) is 0. The number of benzene rings is 2. The van der Waals surface area contributed by atoms with Crippen LogP contribution in [0.1, 0.15) is 41.9 Å². The van der Waals surface area contributed by atoms with Gasteiger partial charge >= 0.3 is 5.97 Å². The number of halogens is 1. The molecule has 1 aromatic heterocycles. The Hall–Kier alpha value is -2.30. The molecule has 0 unspecified atom stereocenters. The summed E-state index contributed by atoms with van der Waals surface area (Å²) in [5, 5.41) is 15.0. The molecule has 4 nitrogen and oxygen atoms in total. The number of nitrogens with zero attached hydrogens (tertiary/aromatic N) is 1. The molecule has 1 atom stereocenters. The Balaban J connectivity index is 2.10. The van der Waals surface area contributed by atoms with E-state index in [9.17, 15) is 9.90 Å². The molecule has 5 heteroatoms.